The lowest BCUT2D eigenvalue weighted by Crippen LogP contribution is -2.17. The van der Waals surface area contributed by atoms with Crippen LogP contribution in [0.4, 0.5) is 0 Å². The highest BCUT2D eigenvalue weighted by Gasteiger charge is 2.11. The first-order chi connectivity index (χ1) is 11.5. The Kier molecular flexibility index (Phi) is 8.10. The van der Waals surface area contributed by atoms with Crippen molar-refractivity contribution in [3.8, 4) is 17.2 Å². The molecule has 0 aliphatic heterocycles. The first-order valence-electron chi connectivity index (χ1n) is 7.35. The molecule has 1 rings (SSSR count). The normalized spacial score (nSPS) is 10.5. The van der Waals surface area contributed by atoms with Gasteiger partial charge in [-0.3, -0.25) is 9.59 Å². The van der Waals surface area contributed by atoms with E-state index in [2.05, 4.69) is 15.3 Å². The van der Waals surface area contributed by atoms with Gasteiger partial charge in [0, 0.05) is 25.0 Å². The van der Waals surface area contributed by atoms with E-state index in [1.807, 2.05) is 0 Å². The third-order valence-corrected chi connectivity index (χ3v) is 3.17. The lowest BCUT2D eigenvalue weighted by molar-refractivity contribution is -0.140. The molecule has 8 heteroatoms. The zero-order valence-electron chi connectivity index (χ0n) is 14.0. The molecule has 24 heavy (non-hydrogen) atoms. The van der Waals surface area contributed by atoms with Crippen molar-refractivity contribution in [3.63, 3.8) is 0 Å². The van der Waals surface area contributed by atoms with Gasteiger partial charge in [0.2, 0.25) is 5.91 Å². The van der Waals surface area contributed by atoms with Crippen molar-refractivity contribution >= 4 is 18.1 Å². The van der Waals surface area contributed by atoms with Crippen molar-refractivity contribution in [3.05, 3.63) is 17.7 Å². The molecule has 0 unspecified atom stereocenters. The highest BCUT2D eigenvalue weighted by Crippen LogP contribution is 2.31. The number of rotatable bonds is 9. The van der Waals surface area contributed by atoms with Gasteiger partial charge in [0.15, 0.2) is 0 Å². The molecule has 0 radical (unpaired) electrons. The summed E-state index contributed by atoms with van der Waals surface area (Å²) >= 11 is 0. The van der Waals surface area contributed by atoms with Crippen LogP contribution < -0.4 is 14.9 Å². The fourth-order valence-corrected chi connectivity index (χ4v) is 1.93. The number of hydrazone groups is 1. The van der Waals surface area contributed by atoms with Gasteiger partial charge in [0.05, 0.1) is 33.1 Å². The van der Waals surface area contributed by atoms with E-state index in [1.54, 1.807) is 0 Å². The summed E-state index contributed by atoms with van der Waals surface area (Å²) in [6.45, 7) is 0. The minimum Gasteiger partial charge on any atom is -0.508 e. The molecular formula is C16H22N2O6. The second kappa shape index (κ2) is 10.1. The highest BCUT2D eigenvalue weighted by molar-refractivity contribution is 5.89. The summed E-state index contributed by atoms with van der Waals surface area (Å²) < 4.78 is 14.8. The van der Waals surface area contributed by atoms with Crippen molar-refractivity contribution in [2.24, 2.45) is 5.10 Å². The molecule has 1 aromatic rings. The van der Waals surface area contributed by atoms with Gasteiger partial charge in [-0.15, -0.1) is 0 Å². The van der Waals surface area contributed by atoms with Crippen LogP contribution in [-0.2, 0) is 14.3 Å². The summed E-state index contributed by atoms with van der Waals surface area (Å²) in [7, 11) is 4.23. The van der Waals surface area contributed by atoms with Crippen molar-refractivity contribution in [2.45, 2.75) is 25.7 Å². The number of aromatic hydroxyl groups is 1. The lowest BCUT2D eigenvalue weighted by Gasteiger charge is -2.10. The molecular weight excluding hydrogens is 316 g/mol. The first-order valence-corrected chi connectivity index (χ1v) is 7.35. The maximum Gasteiger partial charge on any atom is 0.305 e. The fraction of sp³-hybridized carbons (Fsp3) is 0.438. The van der Waals surface area contributed by atoms with Crippen LogP contribution in [-0.4, -0.2) is 44.5 Å². The smallest absolute Gasteiger partial charge is 0.305 e. The zero-order chi connectivity index (χ0) is 17.9. The van der Waals surface area contributed by atoms with E-state index >= 15 is 0 Å². The maximum absolute atomic E-state index is 11.7. The molecule has 0 spiro atoms. The van der Waals surface area contributed by atoms with Crippen LogP contribution in [0.1, 0.15) is 31.2 Å². The average Bonchev–Trinajstić information content (AvgIpc) is 2.58. The number of nitrogens with one attached hydrogen (secondary N) is 1. The molecule has 8 nitrogen and oxygen atoms in total. The number of amides is 1. The summed E-state index contributed by atoms with van der Waals surface area (Å²) in [5.74, 6) is 0.161. The molecule has 2 N–H and O–H groups in total. The average molecular weight is 338 g/mol. The summed E-state index contributed by atoms with van der Waals surface area (Å²) in [6, 6.07) is 2.83. The Morgan fingerprint density at radius 2 is 1.71 bits per heavy atom. The van der Waals surface area contributed by atoms with E-state index in [0.29, 0.717) is 29.9 Å². The van der Waals surface area contributed by atoms with Crippen LogP contribution in [0.3, 0.4) is 0 Å². The van der Waals surface area contributed by atoms with E-state index in [-0.39, 0.29) is 30.5 Å². The monoisotopic (exact) mass is 338 g/mol. The number of methoxy groups -OCH3 is 3. The zero-order valence-corrected chi connectivity index (χ0v) is 14.0. The lowest BCUT2D eigenvalue weighted by atomic mass is 10.2. The van der Waals surface area contributed by atoms with E-state index in [1.165, 1.54) is 39.7 Å². The second-order valence-electron chi connectivity index (χ2n) is 4.84. The predicted octanol–water partition coefficient (Wildman–Crippen LogP) is 1.59. The van der Waals surface area contributed by atoms with Crippen LogP contribution in [0.2, 0.25) is 0 Å². The fourth-order valence-electron chi connectivity index (χ4n) is 1.93. The molecule has 0 aliphatic rings. The third kappa shape index (κ3) is 6.15. The number of carbonyl (C=O) groups is 2. The molecule has 0 heterocycles. The minimum absolute atomic E-state index is 0.00417. The number of carbonyl (C=O) groups excluding carboxylic acids is 2. The Hall–Kier alpha value is -2.77. The number of hydrogen-bond acceptors (Lipinski definition) is 7. The van der Waals surface area contributed by atoms with Crippen molar-refractivity contribution in [1.29, 1.82) is 0 Å². The second-order valence-corrected chi connectivity index (χ2v) is 4.84. The Labute approximate surface area is 140 Å². The topological polar surface area (TPSA) is 106 Å². The van der Waals surface area contributed by atoms with Crippen LogP contribution in [0.25, 0.3) is 0 Å². The maximum atomic E-state index is 11.7. The Morgan fingerprint density at radius 3 is 2.25 bits per heavy atom. The van der Waals surface area contributed by atoms with Gasteiger partial charge in [-0.25, -0.2) is 5.43 Å². The predicted molar refractivity (Wildman–Crippen MR) is 87.4 cm³/mol. The summed E-state index contributed by atoms with van der Waals surface area (Å²) in [5, 5.41) is 13.4. The number of esters is 1. The van der Waals surface area contributed by atoms with Crippen molar-refractivity contribution in [1.82, 2.24) is 5.43 Å². The number of hydrogen-bond donors (Lipinski definition) is 2. The number of phenols is 1. The van der Waals surface area contributed by atoms with Gasteiger partial charge < -0.3 is 19.3 Å². The molecule has 132 valence electrons. The number of nitrogens with zero attached hydrogens (tertiary/aromatic N) is 1. The van der Waals surface area contributed by atoms with Gasteiger partial charge in [0.25, 0.3) is 0 Å². The molecule has 1 aromatic carbocycles. The van der Waals surface area contributed by atoms with Crippen molar-refractivity contribution < 1.29 is 28.9 Å². The minimum atomic E-state index is -0.292. The van der Waals surface area contributed by atoms with E-state index in [0.717, 1.165) is 0 Å². The molecule has 0 aliphatic carbocycles. The van der Waals surface area contributed by atoms with Crippen LogP contribution in [0.5, 0.6) is 17.2 Å². The number of phenolic OH excluding ortho intramolecular Hbond substituents is 1. The van der Waals surface area contributed by atoms with Crippen LogP contribution in [0.15, 0.2) is 17.2 Å². The van der Waals surface area contributed by atoms with Gasteiger partial charge >= 0.3 is 5.97 Å². The largest absolute Gasteiger partial charge is 0.508 e. The Morgan fingerprint density at radius 1 is 1.12 bits per heavy atom. The first kappa shape index (κ1) is 19.3. The summed E-state index contributed by atoms with van der Waals surface area (Å²) in [5.41, 5.74) is 2.88. The van der Waals surface area contributed by atoms with E-state index in [9.17, 15) is 14.7 Å². The van der Waals surface area contributed by atoms with E-state index < -0.39 is 0 Å². The van der Waals surface area contributed by atoms with Gasteiger partial charge in [0.1, 0.15) is 17.2 Å². The summed E-state index contributed by atoms with van der Waals surface area (Å²) in [4.78, 5) is 22.6. The SMILES string of the molecule is COC(=O)CCCCC(=O)NN=Cc1c(OC)cc(O)cc1OC. The molecule has 0 fully saturated rings. The molecule has 1 amide bonds. The van der Waals surface area contributed by atoms with Gasteiger partial charge in [-0.05, 0) is 12.8 Å². The molecule has 0 bridgehead atoms. The molecule has 0 saturated heterocycles. The number of ether oxygens (including phenoxy) is 3. The quantitative estimate of drug-likeness (QED) is 0.306. The van der Waals surface area contributed by atoms with Crippen LogP contribution in [0, 0.1) is 0 Å². The standard InChI is InChI=1S/C16H22N2O6/c1-22-13-8-11(19)9-14(23-2)12(13)10-17-18-15(20)6-4-5-7-16(21)24-3/h8-10,19H,4-7H2,1-3H3,(H,18,20). The molecule has 0 atom stereocenters. The number of benzene rings is 1. The van der Waals surface area contributed by atoms with Gasteiger partial charge in [-0.2, -0.15) is 5.10 Å². The van der Waals surface area contributed by atoms with Crippen molar-refractivity contribution in [2.75, 3.05) is 21.3 Å². The highest BCUT2D eigenvalue weighted by atomic mass is 16.5. The molecule has 0 aromatic heterocycles. The Balaban J connectivity index is 2.55. The van der Waals surface area contributed by atoms with E-state index in [4.69, 9.17) is 9.47 Å². The molecule has 0 saturated carbocycles. The number of unbranched alkanes of at least 4 members (excludes halogenated alkanes) is 1. The summed E-state index contributed by atoms with van der Waals surface area (Å²) in [6.07, 6.45) is 3.04. The van der Waals surface area contributed by atoms with Crippen LogP contribution >= 0.6 is 0 Å². The Bertz CT molecular complexity index is 575. The van der Waals surface area contributed by atoms with Gasteiger partial charge in [-0.1, -0.05) is 0 Å². The third-order valence-electron chi connectivity index (χ3n) is 3.17.